The summed E-state index contributed by atoms with van der Waals surface area (Å²) in [5.74, 6) is -0.593. The van der Waals surface area contributed by atoms with E-state index in [4.69, 9.17) is 4.74 Å². The molecule has 1 aliphatic rings. The van der Waals surface area contributed by atoms with Crippen molar-refractivity contribution in [1.29, 1.82) is 0 Å². The number of rotatable bonds is 8. The maximum atomic E-state index is 14.3. The lowest BCUT2D eigenvalue weighted by Crippen LogP contribution is -2.49. The number of piperazine rings is 1. The topological polar surface area (TPSA) is 72.6 Å². The van der Waals surface area contributed by atoms with Crippen molar-refractivity contribution in [2.45, 2.75) is 25.9 Å². The van der Waals surface area contributed by atoms with Crippen molar-refractivity contribution < 1.29 is 13.9 Å². The molecule has 0 spiro atoms. The minimum absolute atomic E-state index is 0.225. The van der Waals surface area contributed by atoms with Gasteiger partial charge in [-0.3, -0.25) is 4.90 Å². The summed E-state index contributed by atoms with van der Waals surface area (Å²) in [5, 5.41) is 4.25. The third-order valence-corrected chi connectivity index (χ3v) is 7.21. The number of aromatic nitrogens is 3. The van der Waals surface area contributed by atoms with Gasteiger partial charge in [-0.05, 0) is 49.7 Å². The Morgan fingerprint density at radius 1 is 0.923 bits per heavy atom. The van der Waals surface area contributed by atoms with Gasteiger partial charge in [0.25, 0.3) is 0 Å². The van der Waals surface area contributed by atoms with Crippen molar-refractivity contribution in [3.05, 3.63) is 113 Å². The molecule has 1 fully saturated rings. The van der Waals surface area contributed by atoms with Gasteiger partial charge in [-0.15, -0.1) is 0 Å². The van der Waals surface area contributed by atoms with Crippen LogP contribution in [0.2, 0.25) is 0 Å². The highest BCUT2D eigenvalue weighted by atomic mass is 19.1. The van der Waals surface area contributed by atoms with Crippen LogP contribution < -0.4 is 10.6 Å². The van der Waals surface area contributed by atoms with E-state index in [0.717, 1.165) is 24.3 Å². The van der Waals surface area contributed by atoms with Crippen LogP contribution in [0.3, 0.4) is 0 Å². The molecule has 2 atom stereocenters. The Bertz CT molecular complexity index is 1460. The number of ether oxygens (including phenoxy) is 1. The van der Waals surface area contributed by atoms with Crippen LogP contribution in [0.15, 0.2) is 90.0 Å². The van der Waals surface area contributed by atoms with Crippen molar-refractivity contribution >= 4 is 11.7 Å². The maximum Gasteiger partial charge on any atom is 0.350 e. The summed E-state index contributed by atoms with van der Waals surface area (Å²) < 4.78 is 22.4. The first-order chi connectivity index (χ1) is 19.0. The molecular formula is C30H32FN5O3. The minimum Gasteiger partial charge on any atom is -0.465 e. The van der Waals surface area contributed by atoms with Crippen LogP contribution in [0.5, 0.6) is 0 Å². The highest BCUT2D eigenvalue weighted by Crippen LogP contribution is 2.26. The maximum absolute atomic E-state index is 14.3. The summed E-state index contributed by atoms with van der Waals surface area (Å²) in [6.07, 6.45) is 1.46. The van der Waals surface area contributed by atoms with Crippen LogP contribution in [0.25, 0.3) is 5.69 Å². The van der Waals surface area contributed by atoms with Crippen molar-refractivity contribution in [1.82, 2.24) is 19.2 Å². The zero-order valence-electron chi connectivity index (χ0n) is 22.1. The molecule has 1 aliphatic heterocycles. The fourth-order valence-corrected chi connectivity index (χ4v) is 5.12. The second-order valence-corrected chi connectivity index (χ2v) is 9.53. The van der Waals surface area contributed by atoms with Gasteiger partial charge < -0.3 is 9.64 Å². The molecule has 0 amide bonds. The summed E-state index contributed by atoms with van der Waals surface area (Å²) >= 11 is 0. The van der Waals surface area contributed by atoms with Gasteiger partial charge in [-0.25, -0.2) is 23.2 Å². The number of carbonyl (C=O) groups is 1. The van der Waals surface area contributed by atoms with Gasteiger partial charge in [0.15, 0.2) is 0 Å². The zero-order valence-corrected chi connectivity index (χ0v) is 22.1. The Morgan fingerprint density at radius 3 is 2.23 bits per heavy atom. The van der Waals surface area contributed by atoms with E-state index in [9.17, 15) is 14.0 Å². The quantitative estimate of drug-likeness (QED) is 0.319. The number of carbonyl (C=O) groups excluding carboxylic acids is 1. The Labute approximate surface area is 226 Å². The molecule has 9 heteroatoms. The van der Waals surface area contributed by atoms with Gasteiger partial charge in [0.05, 0.1) is 18.3 Å². The SMILES string of the molecule is CCOC(=O)[C@@H](c1ccccc1)N1CCN(c2ccc(-n3cnn(C(C)c4ccccc4F)c3=O)cc2)CC1. The predicted octanol–water partition coefficient (Wildman–Crippen LogP) is 4.21. The smallest absolute Gasteiger partial charge is 0.350 e. The van der Waals surface area contributed by atoms with Gasteiger partial charge in [0, 0.05) is 37.4 Å². The third-order valence-electron chi connectivity index (χ3n) is 7.21. The van der Waals surface area contributed by atoms with Gasteiger partial charge in [0.1, 0.15) is 18.2 Å². The number of benzene rings is 3. The largest absolute Gasteiger partial charge is 0.465 e. The molecule has 202 valence electrons. The van der Waals surface area contributed by atoms with Crippen LogP contribution in [0.4, 0.5) is 10.1 Å². The zero-order chi connectivity index (χ0) is 27.4. The summed E-state index contributed by atoms with van der Waals surface area (Å²) in [6.45, 7) is 6.84. The van der Waals surface area contributed by atoms with Crippen molar-refractivity contribution in [2.75, 3.05) is 37.7 Å². The van der Waals surface area contributed by atoms with Gasteiger partial charge in [-0.1, -0.05) is 48.5 Å². The lowest BCUT2D eigenvalue weighted by atomic mass is 10.0. The predicted molar refractivity (Wildman–Crippen MR) is 148 cm³/mol. The Balaban J connectivity index is 1.27. The number of hydrogen-bond acceptors (Lipinski definition) is 6. The molecular weight excluding hydrogens is 497 g/mol. The van der Waals surface area contributed by atoms with Gasteiger partial charge in [0.2, 0.25) is 0 Å². The summed E-state index contributed by atoms with van der Waals surface area (Å²) in [6, 6.07) is 22.9. The highest BCUT2D eigenvalue weighted by molar-refractivity contribution is 5.77. The van der Waals surface area contributed by atoms with E-state index in [1.165, 1.54) is 21.6 Å². The summed E-state index contributed by atoms with van der Waals surface area (Å²) in [4.78, 5) is 30.3. The van der Waals surface area contributed by atoms with Crippen LogP contribution >= 0.6 is 0 Å². The Kier molecular flexibility index (Phi) is 7.88. The molecule has 1 aromatic heterocycles. The third kappa shape index (κ3) is 5.49. The van der Waals surface area contributed by atoms with E-state index in [2.05, 4.69) is 14.9 Å². The first-order valence-electron chi connectivity index (χ1n) is 13.2. The molecule has 3 aromatic carbocycles. The fraction of sp³-hybridized carbons (Fsp3) is 0.300. The Morgan fingerprint density at radius 2 is 1.56 bits per heavy atom. The van der Waals surface area contributed by atoms with E-state index in [1.54, 1.807) is 25.1 Å². The molecule has 2 heterocycles. The number of nitrogens with zero attached hydrogens (tertiary/aromatic N) is 5. The number of esters is 1. The normalized spacial score (nSPS) is 15.6. The minimum atomic E-state index is -0.537. The first-order valence-corrected chi connectivity index (χ1v) is 13.2. The second-order valence-electron chi connectivity index (χ2n) is 9.53. The van der Waals surface area contributed by atoms with Crippen LogP contribution in [-0.2, 0) is 9.53 Å². The van der Waals surface area contributed by atoms with E-state index >= 15 is 0 Å². The lowest BCUT2D eigenvalue weighted by Gasteiger charge is -2.39. The molecule has 1 unspecified atom stereocenters. The van der Waals surface area contributed by atoms with Gasteiger partial charge >= 0.3 is 11.7 Å². The summed E-state index contributed by atoms with van der Waals surface area (Å²) in [7, 11) is 0. The van der Waals surface area contributed by atoms with E-state index < -0.39 is 12.1 Å². The molecule has 1 saturated heterocycles. The Hall–Kier alpha value is -4.24. The summed E-state index contributed by atoms with van der Waals surface area (Å²) in [5.41, 5.74) is 2.73. The molecule has 0 aliphatic carbocycles. The average Bonchev–Trinajstić information content (AvgIpc) is 3.35. The number of hydrogen-bond donors (Lipinski definition) is 0. The standard InChI is InChI=1S/C30H32FN5O3/c1-3-39-29(37)28(23-9-5-4-6-10-23)34-19-17-33(18-20-34)24-13-15-25(16-14-24)35-21-32-36(30(35)38)22(2)26-11-7-8-12-27(26)31/h4-16,21-22,28H,3,17-20H2,1-2H3/t22?,28-/m1/s1. The van der Waals surface area contributed by atoms with Gasteiger partial charge in [-0.2, -0.15) is 5.10 Å². The van der Waals surface area contributed by atoms with Crippen LogP contribution in [0.1, 0.15) is 37.1 Å². The number of anilines is 1. The molecule has 8 nitrogen and oxygen atoms in total. The molecule has 0 radical (unpaired) electrons. The molecule has 39 heavy (non-hydrogen) atoms. The molecule has 5 rings (SSSR count). The first kappa shape index (κ1) is 26.4. The monoisotopic (exact) mass is 529 g/mol. The molecule has 0 bridgehead atoms. The fourth-order valence-electron chi connectivity index (χ4n) is 5.12. The van der Waals surface area contributed by atoms with E-state index in [0.29, 0.717) is 30.9 Å². The average molecular weight is 530 g/mol. The molecule has 0 N–H and O–H groups in total. The van der Waals surface area contributed by atoms with E-state index in [-0.39, 0.29) is 17.5 Å². The molecule has 0 saturated carbocycles. The van der Waals surface area contributed by atoms with Crippen molar-refractivity contribution in [2.24, 2.45) is 0 Å². The van der Waals surface area contributed by atoms with Crippen LogP contribution in [-0.4, -0.2) is 58.0 Å². The lowest BCUT2D eigenvalue weighted by molar-refractivity contribution is -0.150. The van der Waals surface area contributed by atoms with Crippen molar-refractivity contribution in [3.63, 3.8) is 0 Å². The molecule has 4 aromatic rings. The van der Waals surface area contributed by atoms with Crippen LogP contribution in [0, 0.1) is 5.82 Å². The second kappa shape index (κ2) is 11.7. The number of halogens is 1. The highest BCUT2D eigenvalue weighted by Gasteiger charge is 2.31. The van der Waals surface area contributed by atoms with Crippen molar-refractivity contribution in [3.8, 4) is 5.69 Å². The van der Waals surface area contributed by atoms with E-state index in [1.807, 2.05) is 61.5 Å².